The van der Waals surface area contributed by atoms with E-state index in [0.29, 0.717) is 17.9 Å². The molecule has 1 aliphatic rings. The number of fused-ring (bicyclic) bond motifs is 1. The van der Waals surface area contributed by atoms with Crippen LogP contribution in [-0.2, 0) is 13.0 Å². The SMILES string of the molecule is COc1ccc(C(O)CCN2CCc3ccccc3C2)cc1N. The van der Waals surface area contributed by atoms with Crippen LogP contribution in [0.4, 0.5) is 5.69 Å². The van der Waals surface area contributed by atoms with Gasteiger partial charge in [0, 0.05) is 19.6 Å². The van der Waals surface area contributed by atoms with Crippen molar-refractivity contribution in [3.05, 3.63) is 59.2 Å². The van der Waals surface area contributed by atoms with E-state index >= 15 is 0 Å². The Morgan fingerprint density at radius 2 is 2.00 bits per heavy atom. The minimum absolute atomic E-state index is 0.500. The number of rotatable bonds is 5. The second-order valence-electron chi connectivity index (χ2n) is 6.10. The zero-order valence-corrected chi connectivity index (χ0v) is 13.5. The van der Waals surface area contributed by atoms with Crippen molar-refractivity contribution >= 4 is 5.69 Å². The topological polar surface area (TPSA) is 58.7 Å². The lowest BCUT2D eigenvalue weighted by molar-refractivity contribution is 0.137. The van der Waals surface area contributed by atoms with Gasteiger partial charge in [0.05, 0.1) is 18.9 Å². The van der Waals surface area contributed by atoms with Crippen LogP contribution >= 0.6 is 0 Å². The maximum Gasteiger partial charge on any atom is 0.141 e. The van der Waals surface area contributed by atoms with Gasteiger partial charge in [-0.2, -0.15) is 0 Å². The van der Waals surface area contributed by atoms with Crippen LogP contribution in [0.2, 0.25) is 0 Å². The average molecular weight is 312 g/mol. The summed E-state index contributed by atoms with van der Waals surface area (Å²) in [5.74, 6) is 0.647. The van der Waals surface area contributed by atoms with E-state index in [9.17, 15) is 5.11 Å². The lowest BCUT2D eigenvalue weighted by Crippen LogP contribution is -2.32. The normalized spacial score (nSPS) is 15.9. The second-order valence-corrected chi connectivity index (χ2v) is 6.10. The zero-order valence-electron chi connectivity index (χ0n) is 13.5. The van der Waals surface area contributed by atoms with Crippen molar-refractivity contribution in [2.75, 3.05) is 25.9 Å². The van der Waals surface area contributed by atoms with E-state index < -0.39 is 6.10 Å². The third-order valence-corrected chi connectivity index (χ3v) is 4.57. The van der Waals surface area contributed by atoms with Crippen molar-refractivity contribution in [1.29, 1.82) is 0 Å². The molecule has 122 valence electrons. The number of nitrogens with zero attached hydrogens (tertiary/aromatic N) is 1. The van der Waals surface area contributed by atoms with Gasteiger partial charge < -0.3 is 15.6 Å². The van der Waals surface area contributed by atoms with Crippen LogP contribution in [0.25, 0.3) is 0 Å². The molecule has 0 aliphatic carbocycles. The van der Waals surface area contributed by atoms with Gasteiger partial charge in [0.25, 0.3) is 0 Å². The maximum atomic E-state index is 10.4. The van der Waals surface area contributed by atoms with Gasteiger partial charge in [-0.05, 0) is 41.7 Å². The summed E-state index contributed by atoms with van der Waals surface area (Å²) in [7, 11) is 1.59. The second kappa shape index (κ2) is 7.02. The Balaban J connectivity index is 1.57. The lowest BCUT2D eigenvalue weighted by Gasteiger charge is -2.29. The zero-order chi connectivity index (χ0) is 16.2. The molecule has 2 aromatic carbocycles. The first-order valence-electron chi connectivity index (χ1n) is 8.08. The predicted molar refractivity (Wildman–Crippen MR) is 92.4 cm³/mol. The number of anilines is 1. The molecule has 0 saturated heterocycles. The van der Waals surface area contributed by atoms with Crippen molar-refractivity contribution in [2.24, 2.45) is 0 Å². The molecular formula is C19H24N2O2. The molecule has 1 atom stereocenters. The Morgan fingerprint density at radius 3 is 2.74 bits per heavy atom. The standard InChI is InChI=1S/C19H24N2O2/c1-23-19-7-6-15(12-17(19)20)18(22)9-11-21-10-8-14-4-2-3-5-16(14)13-21/h2-7,12,18,22H,8-11,13,20H2,1H3. The van der Waals surface area contributed by atoms with Crippen LogP contribution < -0.4 is 10.5 Å². The van der Waals surface area contributed by atoms with Gasteiger partial charge in [-0.1, -0.05) is 30.3 Å². The van der Waals surface area contributed by atoms with Crippen LogP contribution in [0, 0.1) is 0 Å². The quantitative estimate of drug-likeness (QED) is 0.834. The third kappa shape index (κ3) is 3.66. The van der Waals surface area contributed by atoms with Crippen LogP contribution in [0.15, 0.2) is 42.5 Å². The summed E-state index contributed by atoms with van der Waals surface area (Å²) < 4.78 is 5.15. The highest BCUT2D eigenvalue weighted by atomic mass is 16.5. The molecule has 3 N–H and O–H groups in total. The number of aliphatic hydroxyl groups excluding tert-OH is 1. The lowest BCUT2D eigenvalue weighted by atomic mass is 9.99. The molecule has 0 spiro atoms. The van der Waals surface area contributed by atoms with Crippen LogP contribution in [-0.4, -0.2) is 30.2 Å². The fourth-order valence-corrected chi connectivity index (χ4v) is 3.18. The molecule has 0 bridgehead atoms. The Bertz CT molecular complexity index is 672. The fourth-order valence-electron chi connectivity index (χ4n) is 3.18. The number of methoxy groups -OCH3 is 1. The Labute approximate surface area is 137 Å². The summed E-state index contributed by atoms with van der Waals surface area (Å²) in [5.41, 5.74) is 10.2. The van der Waals surface area contributed by atoms with Gasteiger partial charge in [0.2, 0.25) is 0 Å². The number of hydrogen-bond donors (Lipinski definition) is 2. The molecule has 23 heavy (non-hydrogen) atoms. The molecule has 4 nitrogen and oxygen atoms in total. The van der Waals surface area contributed by atoms with Crippen LogP contribution in [0.5, 0.6) is 5.75 Å². The number of aliphatic hydroxyl groups is 1. The molecule has 3 rings (SSSR count). The molecule has 0 radical (unpaired) electrons. The van der Waals surface area contributed by atoms with Crippen LogP contribution in [0.1, 0.15) is 29.2 Å². The van der Waals surface area contributed by atoms with E-state index in [-0.39, 0.29) is 0 Å². The van der Waals surface area contributed by atoms with Gasteiger partial charge in [-0.3, -0.25) is 4.90 Å². The van der Waals surface area contributed by atoms with E-state index in [4.69, 9.17) is 10.5 Å². The van der Waals surface area contributed by atoms with Crippen molar-refractivity contribution in [3.8, 4) is 5.75 Å². The molecule has 2 aromatic rings. The first-order chi connectivity index (χ1) is 11.2. The van der Waals surface area contributed by atoms with Crippen LogP contribution in [0.3, 0.4) is 0 Å². The van der Waals surface area contributed by atoms with E-state index in [1.54, 1.807) is 13.2 Å². The first-order valence-corrected chi connectivity index (χ1v) is 8.08. The highest BCUT2D eigenvalue weighted by Crippen LogP contribution is 2.27. The van der Waals surface area contributed by atoms with Crippen molar-refractivity contribution in [2.45, 2.75) is 25.5 Å². The Morgan fingerprint density at radius 1 is 1.22 bits per heavy atom. The summed E-state index contributed by atoms with van der Waals surface area (Å²) in [6, 6.07) is 14.1. The van der Waals surface area contributed by atoms with Gasteiger partial charge in [0.15, 0.2) is 0 Å². The molecule has 1 unspecified atom stereocenters. The first kappa shape index (κ1) is 15.8. The van der Waals surface area contributed by atoms with Crippen molar-refractivity contribution in [3.63, 3.8) is 0 Å². The number of nitrogens with two attached hydrogens (primary N) is 1. The Hall–Kier alpha value is -2.04. The summed E-state index contributed by atoms with van der Waals surface area (Å²) in [4.78, 5) is 2.40. The predicted octanol–water partition coefficient (Wildman–Crippen LogP) is 2.76. The number of hydrogen-bond acceptors (Lipinski definition) is 4. The number of nitrogen functional groups attached to an aromatic ring is 1. The van der Waals surface area contributed by atoms with Gasteiger partial charge in [-0.25, -0.2) is 0 Å². The van der Waals surface area contributed by atoms with Gasteiger partial charge >= 0.3 is 0 Å². The molecule has 0 saturated carbocycles. The van der Waals surface area contributed by atoms with E-state index in [1.165, 1.54) is 11.1 Å². The number of benzene rings is 2. The van der Waals surface area contributed by atoms with Crippen molar-refractivity contribution < 1.29 is 9.84 Å². The molecule has 1 heterocycles. The highest BCUT2D eigenvalue weighted by Gasteiger charge is 2.17. The minimum atomic E-state index is -0.500. The van der Waals surface area contributed by atoms with Gasteiger partial charge in [0.1, 0.15) is 5.75 Å². The molecule has 0 amide bonds. The Kier molecular flexibility index (Phi) is 4.84. The summed E-state index contributed by atoms with van der Waals surface area (Å²) in [6.07, 6.45) is 1.29. The average Bonchev–Trinajstić information content (AvgIpc) is 2.59. The summed E-state index contributed by atoms with van der Waals surface area (Å²) >= 11 is 0. The molecular weight excluding hydrogens is 288 g/mol. The summed E-state index contributed by atoms with van der Waals surface area (Å²) in [6.45, 7) is 2.89. The van der Waals surface area contributed by atoms with Gasteiger partial charge in [-0.15, -0.1) is 0 Å². The number of ether oxygens (including phenoxy) is 1. The minimum Gasteiger partial charge on any atom is -0.495 e. The smallest absolute Gasteiger partial charge is 0.141 e. The van der Waals surface area contributed by atoms with E-state index in [1.807, 2.05) is 12.1 Å². The molecule has 4 heteroatoms. The maximum absolute atomic E-state index is 10.4. The molecule has 0 fully saturated rings. The summed E-state index contributed by atoms with van der Waals surface area (Å²) in [5, 5.41) is 10.4. The van der Waals surface area contributed by atoms with E-state index in [0.717, 1.165) is 31.6 Å². The molecule has 0 aromatic heterocycles. The van der Waals surface area contributed by atoms with E-state index in [2.05, 4.69) is 29.2 Å². The monoisotopic (exact) mass is 312 g/mol. The van der Waals surface area contributed by atoms with Crippen molar-refractivity contribution in [1.82, 2.24) is 4.90 Å². The fraction of sp³-hybridized carbons (Fsp3) is 0.368. The third-order valence-electron chi connectivity index (χ3n) is 4.57. The largest absolute Gasteiger partial charge is 0.495 e. The highest BCUT2D eigenvalue weighted by molar-refractivity contribution is 5.54. The molecule has 1 aliphatic heterocycles.